The summed E-state index contributed by atoms with van der Waals surface area (Å²) in [4.78, 5) is 27.6. The van der Waals surface area contributed by atoms with E-state index in [-0.39, 0.29) is 24.0 Å². The summed E-state index contributed by atoms with van der Waals surface area (Å²) in [5.74, 6) is -1.14. The first-order valence-corrected chi connectivity index (χ1v) is 10.6. The van der Waals surface area contributed by atoms with Crippen LogP contribution in [-0.4, -0.2) is 48.9 Å². The van der Waals surface area contributed by atoms with Crippen LogP contribution in [0.4, 0.5) is 13.6 Å². The third-order valence-electron chi connectivity index (χ3n) is 5.14. The molecule has 3 unspecified atom stereocenters. The maximum Gasteiger partial charge on any atom is 0.413 e. The van der Waals surface area contributed by atoms with E-state index in [1.165, 1.54) is 12.1 Å². The molecule has 2 aliphatic rings. The molecule has 0 aromatic heterocycles. The van der Waals surface area contributed by atoms with Gasteiger partial charge in [-0.25, -0.2) is 22.0 Å². The fourth-order valence-corrected chi connectivity index (χ4v) is 6.25. The standard InChI is InChI=1S/C19H22F2N2O5S/c1-18(2,3)28-17(25)23-16-19(10-20)7-6-14(29(19,26)27)15(22-16)12-8-11(9-24)4-5-13(12)21/h4-5,8-9,14-15H,6-7,10H2,1-3H3,(H,22,23,25). The van der Waals surface area contributed by atoms with Gasteiger partial charge < -0.3 is 4.74 Å². The van der Waals surface area contributed by atoms with Crippen molar-refractivity contribution < 1.29 is 31.5 Å². The lowest BCUT2D eigenvalue weighted by Gasteiger charge is -2.35. The van der Waals surface area contributed by atoms with Gasteiger partial charge in [0.25, 0.3) is 0 Å². The first kappa shape index (κ1) is 21.4. The average Bonchev–Trinajstić information content (AvgIpc) is 2.77. The van der Waals surface area contributed by atoms with Gasteiger partial charge in [-0.15, -0.1) is 0 Å². The Kier molecular flexibility index (Phi) is 5.27. The Morgan fingerprint density at radius 2 is 2.10 bits per heavy atom. The second kappa shape index (κ2) is 7.16. The van der Waals surface area contributed by atoms with Gasteiger partial charge in [0.15, 0.2) is 14.6 Å². The number of halogens is 2. The van der Waals surface area contributed by atoms with E-state index in [1.807, 2.05) is 0 Å². The zero-order chi connectivity index (χ0) is 21.6. The number of benzene rings is 1. The van der Waals surface area contributed by atoms with Gasteiger partial charge in [-0.3, -0.25) is 15.1 Å². The molecule has 29 heavy (non-hydrogen) atoms. The van der Waals surface area contributed by atoms with Crippen molar-refractivity contribution in [1.29, 1.82) is 0 Å². The molecule has 2 heterocycles. The molecule has 1 aromatic carbocycles. The van der Waals surface area contributed by atoms with Crippen LogP contribution in [0.5, 0.6) is 0 Å². The van der Waals surface area contributed by atoms with Crippen molar-refractivity contribution >= 4 is 28.1 Å². The smallest absolute Gasteiger partial charge is 0.413 e. The molecule has 3 atom stereocenters. The molecule has 1 fully saturated rings. The average molecular weight is 428 g/mol. The zero-order valence-corrected chi connectivity index (χ0v) is 17.1. The fourth-order valence-electron chi connectivity index (χ4n) is 3.77. The number of hydrogen-bond acceptors (Lipinski definition) is 6. The quantitative estimate of drug-likeness (QED) is 0.746. The molecule has 1 amide bonds. The minimum Gasteiger partial charge on any atom is -0.444 e. The van der Waals surface area contributed by atoms with Gasteiger partial charge in [-0.2, -0.15) is 0 Å². The summed E-state index contributed by atoms with van der Waals surface area (Å²) in [5, 5.41) is 1.12. The maximum atomic E-state index is 14.5. The van der Waals surface area contributed by atoms with Crippen LogP contribution in [-0.2, 0) is 14.6 Å². The van der Waals surface area contributed by atoms with Crippen LogP contribution in [0.1, 0.15) is 55.6 Å². The van der Waals surface area contributed by atoms with E-state index >= 15 is 0 Å². The van der Waals surface area contributed by atoms with Crippen molar-refractivity contribution in [2.75, 3.05) is 6.67 Å². The third kappa shape index (κ3) is 3.54. The van der Waals surface area contributed by atoms with E-state index < -0.39 is 55.9 Å². The summed E-state index contributed by atoms with van der Waals surface area (Å²) in [5.41, 5.74) is -0.819. The van der Waals surface area contributed by atoms with Gasteiger partial charge in [-0.05, 0) is 51.8 Å². The van der Waals surface area contributed by atoms with Crippen LogP contribution < -0.4 is 5.32 Å². The second-order valence-corrected chi connectivity index (χ2v) is 10.7. The Balaban J connectivity index is 2.12. The summed E-state index contributed by atoms with van der Waals surface area (Å²) in [7, 11) is -4.14. The van der Waals surface area contributed by atoms with E-state index in [0.29, 0.717) is 6.29 Å². The first-order valence-electron chi connectivity index (χ1n) is 9.07. The van der Waals surface area contributed by atoms with Crippen LogP contribution in [0, 0.1) is 5.82 Å². The first-order chi connectivity index (χ1) is 13.4. The number of fused-ring (bicyclic) bond motifs is 2. The van der Waals surface area contributed by atoms with E-state index in [9.17, 15) is 26.8 Å². The zero-order valence-electron chi connectivity index (χ0n) is 16.2. The number of carbonyl (C=O) groups excluding carboxylic acids is 2. The largest absolute Gasteiger partial charge is 0.444 e. The molecular formula is C19H22F2N2O5S. The highest BCUT2D eigenvalue weighted by molar-refractivity contribution is 7.94. The van der Waals surface area contributed by atoms with Gasteiger partial charge in [0.05, 0.1) is 11.3 Å². The van der Waals surface area contributed by atoms with E-state index in [1.54, 1.807) is 20.8 Å². The van der Waals surface area contributed by atoms with Gasteiger partial charge >= 0.3 is 6.09 Å². The molecule has 3 rings (SSSR count). The number of ether oxygens (including phenoxy) is 1. The number of sulfone groups is 1. The van der Waals surface area contributed by atoms with Crippen LogP contribution >= 0.6 is 0 Å². The molecule has 1 saturated heterocycles. The monoisotopic (exact) mass is 428 g/mol. The lowest BCUT2D eigenvalue weighted by Crippen LogP contribution is -2.57. The Morgan fingerprint density at radius 1 is 1.41 bits per heavy atom. The normalized spacial score (nSPS) is 27.8. The van der Waals surface area contributed by atoms with Crippen LogP contribution in [0.3, 0.4) is 0 Å². The molecule has 0 spiro atoms. The molecule has 158 valence electrons. The van der Waals surface area contributed by atoms with E-state index in [2.05, 4.69) is 10.3 Å². The molecule has 7 nitrogen and oxygen atoms in total. The molecule has 2 aliphatic heterocycles. The van der Waals surface area contributed by atoms with Crippen LogP contribution in [0.2, 0.25) is 0 Å². The van der Waals surface area contributed by atoms with Gasteiger partial charge in [0.1, 0.15) is 30.2 Å². The Hall–Kier alpha value is -2.36. The SMILES string of the molecule is CC(C)(C)OC(=O)NC1=NC(c2cc(C=O)ccc2F)C2CCC1(CF)S2(=O)=O. The lowest BCUT2D eigenvalue weighted by molar-refractivity contribution is 0.0560. The van der Waals surface area contributed by atoms with Crippen molar-refractivity contribution in [3.8, 4) is 0 Å². The van der Waals surface area contributed by atoms with Crippen molar-refractivity contribution in [2.45, 2.75) is 55.3 Å². The fraction of sp³-hybridized carbons (Fsp3) is 0.526. The van der Waals surface area contributed by atoms with Gasteiger partial charge in [-0.1, -0.05) is 0 Å². The number of aliphatic imine (C=N–C) groups is 1. The Labute approximate surface area is 167 Å². The molecule has 0 saturated carbocycles. The minimum absolute atomic E-state index is 0.0463. The van der Waals surface area contributed by atoms with Crippen LogP contribution in [0.25, 0.3) is 0 Å². The number of hydrogen-bond donors (Lipinski definition) is 1. The van der Waals surface area contributed by atoms with Gasteiger partial charge in [0.2, 0.25) is 0 Å². The Bertz CT molecular complexity index is 987. The predicted octanol–water partition coefficient (Wildman–Crippen LogP) is 2.90. The predicted molar refractivity (Wildman–Crippen MR) is 102 cm³/mol. The number of carbonyl (C=O) groups is 2. The number of amides is 1. The molecule has 2 bridgehead atoms. The van der Waals surface area contributed by atoms with E-state index in [4.69, 9.17) is 4.74 Å². The summed E-state index contributed by atoms with van der Waals surface area (Å²) in [6, 6.07) is 2.31. The molecule has 10 heteroatoms. The van der Waals surface area contributed by atoms with E-state index in [0.717, 1.165) is 6.07 Å². The Morgan fingerprint density at radius 3 is 2.69 bits per heavy atom. The highest BCUT2D eigenvalue weighted by Crippen LogP contribution is 2.49. The molecule has 1 aromatic rings. The van der Waals surface area contributed by atoms with Gasteiger partial charge in [0, 0.05) is 11.1 Å². The number of alkyl halides is 1. The maximum absolute atomic E-state index is 14.5. The summed E-state index contributed by atoms with van der Waals surface area (Å²) in [6.07, 6.45) is -0.531. The molecule has 1 N–H and O–H groups in total. The van der Waals surface area contributed by atoms with Crippen molar-refractivity contribution in [3.05, 3.63) is 35.1 Å². The topological polar surface area (TPSA) is 102 Å². The minimum atomic E-state index is -4.14. The van der Waals surface area contributed by atoms with Crippen LogP contribution in [0.15, 0.2) is 23.2 Å². The number of alkyl carbamates (subject to hydrolysis) is 1. The number of nitrogens with one attached hydrogen (secondary N) is 1. The lowest BCUT2D eigenvalue weighted by atomic mass is 9.98. The summed E-state index contributed by atoms with van der Waals surface area (Å²) in [6.45, 7) is 3.58. The number of aldehydes is 1. The number of rotatable bonds is 3. The molecule has 0 aliphatic carbocycles. The van der Waals surface area contributed by atoms with Crippen molar-refractivity contribution in [1.82, 2.24) is 5.32 Å². The summed E-state index contributed by atoms with van der Waals surface area (Å²) >= 11 is 0. The second-order valence-electron chi connectivity index (χ2n) is 8.20. The summed E-state index contributed by atoms with van der Waals surface area (Å²) < 4.78 is 58.0. The third-order valence-corrected chi connectivity index (χ3v) is 8.02. The number of nitrogens with zero attached hydrogens (tertiary/aromatic N) is 1. The highest BCUT2D eigenvalue weighted by Gasteiger charge is 2.63. The highest BCUT2D eigenvalue weighted by atomic mass is 32.2. The van der Waals surface area contributed by atoms with Crippen molar-refractivity contribution in [2.24, 2.45) is 4.99 Å². The van der Waals surface area contributed by atoms with Crippen molar-refractivity contribution in [3.63, 3.8) is 0 Å². The number of amidine groups is 1. The molecule has 0 radical (unpaired) electrons. The molecular weight excluding hydrogens is 406 g/mol.